The van der Waals surface area contributed by atoms with Crippen LogP contribution >= 0.6 is 15.9 Å². The topological polar surface area (TPSA) is 0 Å². The van der Waals surface area contributed by atoms with Gasteiger partial charge in [-0.15, -0.1) is 0 Å². The molecule has 2 atom stereocenters. The number of benzene rings is 1. The number of alkyl halides is 1. The van der Waals surface area contributed by atoms with Crippen LogP contribution in [0.25, 0.3) is 0 Å². The molecule has 2 unspecified atom stereocenters. The van der Waals surface area contributed by atoms with Crippen LogP contribution in [0.1, 0.15) is 44.2 Å². The highest BCUT2D eigenvalue weighted by Gasteiger charge is 2.38. The van der Waals surface area contributed by atoms with Crippen molar-refractivity contribution in [3.05, 3.63) is 35.4 Å². The van der Waals surface area contributed by atoms with Crippen LogP contribution in [0.3, 0.4) is 0 Å². The molecule has 1 heteroatoms. The zero-order chi connectivity index (χ0) is 12.5. The summed E-state index contributed by atoms with van der Waals surface area (Å²) < 4.78 is 0. The van der Waals surface area contributed by atoms with E-state index in [0.717, 1.165) is 12.3 Å². The highest BCUT2D eigenvalue weighted by Crippen LogP contribution is 2.46. The molecule has 0 radical (unpaired) electrons. The number of hydrogen-bond acceptors (Lipinski definition) is 0. The van der Waals surface area contributed by atoms with Gasteiger partial charge < -0.3 is 0 Å². The monoisotopic (exact) mass is 294 g/mol. The van der Waals surface area contributed by atoms with Gasteiger partial charge in [-0.05, 0) is 43.1 Å². The van der Waals surface area contributed by atoms with Crippen molar-refractivity contribution in [1.82, 2.24) is 0 Å². The first kappa shape index (κ1) is 13.1. The maximum Gasteiger partial charge on any atom is 0.0219 e. The number of halogens is 1. The Kier molecular flexibility index (Phi) is 3.97. The lowest BCUT2D eigenvalue weighted by molar-refractivity contribution is 0.255. The summed E-state index contributed by atoms with van der Waals surface area (Å²) in [5, 5.41) is 0. The molecular weight excluding hydrogens is 272 g/mol. The normalized spacial score (nSPS) is 24.8. The van der Waals surface area contributed by atoms with Gasteiger partial charge in [-0.1, -0.05) is 66.0 Å². The molecule has 0 spiro atoms. The third-order valence-corrected chi connectivity index (χ3v) is 5.29. The van der Waals surface area contributed by atoms with Crippen LogP contribution in [0.15, 0.2) is 24.3 Å². The van der Waals surface area contributed by atoms with Gasteiger partial charge in [-0.2, -0.15) is 0 Å². The van der Waals surface area contributed by atoms with Crippen LogP contribution in [0.2, 0.25) is 0 Å². The van der Waals surface area contributed by atoms with E-state index in [-0.39, 0.29) is 0 Å². The molecule has 1 fully saturated rings. The Morgan fingerprint density at radius 3 is 2.47 bits per heavy atom. The second-order valence-corrected chi connectivity index (χ2v) is 7.37. The zero-order valence-corrected chi connectivity index (χ0v) is 12.8. The third kappa shape index (κ3) is 3.13. The summed E-state index contributed by atoms with van der Waals surface area (Å²) >= 11 is 3.94. The largest absolute Gasteiger partial charge is 0.0884 e. The van der Waals surface area contributed by atoms with Gasteiger partial charge in [0.05, 0.1) is 0 Å². The first-order chi connectivity index (χ1) is 7.99. The van der Waals surface area contributed by atoms with Crippen LogP contribution in [0.5, 0.6) is 0 Å². The van der Waals surface area contributed by atoms with Crippen molar-refractivity contribution in [2.45, 2.75) is 51.3 Å². The summed E-state index contributed by atoms with van der Waals surface area (Å²) in [7, 11) is 0. The van der Waals surface area contributed by atoms with Crippen molar-refractivity contribution in [2.24, 2.45) is 11.3 Å². The summed E-state index contributed by atoms with van der Waals surface area (Å²) in [4.78, 5) is 0.628. The second-order valence-electron chi connectivity index (χ2n) is 6.19. The Morgan fingerprint density at radius 1 is 1.29 bits per heavy atom. The lowest BCUT2D eigenvalue weighted by atomic mass is 9.79. The summed E-state index contributed by atoms with van der Waals surface area (Å²) in [6.45, 7) is 7.00. The number of hydrogen-bond donors (Lipinski definition) is 0. The van der Waals surface area contributed by atoms with Crippen molar-refractivity contribution in [1.29, 1.82) is 0 Å². The second kappa shape index (κ2) is 5.14. The molecule has 2 rings (SSSR count). The first-order valence-electron chi connectivity index (χ1n) is 6.69. The molecule has 0 aliphatic heterocycles. The zero-order valence-electron chi connectivity index (χ0n) is 11.2. The van der Waals surface area contributed by atoms with E-state index in [4.69, 9.17) is 0 Å². The molecule has 0 nitrogen and oxygen atoms in total. The standard InChI is InChI=1S/C16H23Br/c1-12-6-8-13(9-7-12)11-15(17)14-5-4-10-16(14,2)3/h6-9,14-15H,4-5,10-11H2,1-3H3. The Bertz CT molecular complexity index is 364. The Morgan fingerprint density at radius 2 is 1.94 bits per heavy atom. The van der Waals surface area contributed by atoms with E-state index in [9.17, 15) is 0 Å². The van der Waals surface area contributed by atoms with E-state index in [1.165, 1.54) is 30.4 Å². The lowest BCUT2D eigenvalue weighted by Gasteiger charge is -2.31. The van der Waals surface area contributed by atoms with Gasteiger partial charge in [0.15, 0.2) is 0 Å². The summed E-state index contributed by atoms with van der Waals surface area (Å²) in [5.41, 5.74) is 3.32. The minimum atomic E-state index is 0.513. The molecule has 0 bridgehead atoms. The van der Waals surface area contributed by atoms with Crippen molar-refractivity contribution in [2.75, 3.05) is 0 Å². The van der Waals surface area contributed by atoms with Gasteiger partial charge in [0.1, 0.15) is 0 Å². The lowest BCUT2D eigenvalue weighted by Crippen LogP contribution is -2.27. The fraction of sp³-hybridized carbons (Fsp3) is 0.625. The SMILES string of the molecule is Cc1ccc(CC(Br)C2CCCC2(C)C)cc1. The molecule has 0 saturated heterocycles. The van der Waals surface area contributed by atoms with Gasteiger partial charge in [-0.3, -0.25) is 0 Å². The van der Waals surface area contributed by atoms with E-state index in [0.29, 0.717) is 10.2 Å². The van der Waals surface area contributed by atoms with E-state index in [1.54, 1.807) is 0 Å². The van der Waals surface area contributed by atoms with Crippen molar-refractivity contribution in [3.8, 4) is 0 Å². The van der Waals surface area contributed by atoms with Crippen LogP contribution < -0.4 is 0 Å². The van der Waals surface area contributed by atoms with E-state index >= 15 is 0 Å². The van der Waals surface area contributed by atoms with Crippen LogP contribution in [-0.4, -0.2) is 4.83 Å². The van der Waals surface area contributed by atoms with E-state index in [2.05, 4.69) is 61.0 Å². The molecule has 1 aromatic carbocycles. The van der Waals surface area contributed by atoms with E-state index in [1.807, 2.05) is 0 Å². The Balaban J connectivity index is 2.01. The minimum Gasteiger partial charge on any atom is -0.0884 e. The fourth-order valence-corrected chi connectivity index (χ4v) is 4.47. The summed E-state index contributed by atoms with van der Waals surface area (Å²) in [6.07, 6.45) is 5.32. The van der Waals surface area contributed by atoms with Crippen molar-refractivity contribution < 1.29 is 0 Å². The molecule has 0 amide bonds. The molecular formula is C16H23Br. The van der Waals surface area contributed by atoms with Gasteiger partial charge in [0, 0.05) is 4.83 Å². The average Bonchev–Trinajstić information content (AvgIpc) is 2.61. The highest BCUT2D eigenvalue weighted by molar-refractivity contribution is 9.09. The first-order valence-corrected chi connectivity index (χ1v) is 7.60. The third-order valence-electron chi connectivity index (χ3n) is 4.33. The van der Waals surface area contributed by atoms with E-state index < -0.39 is 0 Å². The minimum absolute atomic E-state index is 0.513. The van der Waals surface area contributed by atoms with Crippen LogP contribution in [0.4, 0.5) is 0 Å². The summed E-state index contributed by atoms with van der Waals surface area (Å²) in [5.74, 6) is 0.823. The molecule has 94 valence electrons. The molecule has 17 heavy (non-hydrogen) atoms. The molecule has 1 aromatic rings. The maximum atomic E-state index is 3.94. The fourth-order valence-electron chi connectivity index (χ4n) is 3.12. The van der Waals surface area contributed by atoms with Gasteiger partial charge >= 0.3 is 0 Å². The van der Waals surface area contributed by atoms with Gasteiger partial charge in [0.2, 0.25) is 0 Å². The Labute approximate surface area is 114 Å². The molecule has 0 heterocycles. The Hall–Kier alpha value is -0.300. The molecule has 1 aliphatic rings. The number of aryl methyl sites for hydroxylation is 1. The van der Waals surface area contributed by atoms with Gasteiger partial charge in [-0.25, -0.2) is 0 Å². The molecule has 0 N–H and O–H groups in total. The maximum absolute atomic E-state index is 3.94. The van der Waals surface area contributed by atoms with Crippen LogP contribution in [0, 0.1) is 18.3 Å². The highest BCUT2D eigenvalue weighted by atomic mass is 79.9. The average molecular weight is 295 g/mol. The smallest absolute Gasteiger partial charge is 0.0219 e. The molecule has 1 aliphatic carbocycles. The summed E-state index contributed by atoms with van der Waals surface area (Å²) in [6, 6.07) is 8.97. The molecule has 0 aromatic heterocycles. The number of rotatable bonds is 3. The van der Waals surface area contributed by atoms with Crippen molar-refractivity contribution in [3.63, 3.8) is 0 Å². The quantitative estimate of drug-likeness (QED) is 0.678. The van der Waals surface area contributed by atoms with Crippen LogP contribution in [-0.2, 0) is 6.42 Å². The van der Waals surface area contributed by atoms with Crippen molar-refractivity contribution >= 4 is 15.9 Å². The van der Waals surface area contributed by atoms with Gasteiger partial charge in [0.25, 0.3) is 0 Å². The predicted molar refractivity (Wildman–Crippen MR) is 78.7 cm³/mol. The predicted octanol–water partition coefficient (Wildman–Crippen LogP) is 5.13. The molecule has 1 saturated carbocycles.